The van der Waals surface area contributed by atoms with E-state index in [0.29, 0.717) is 6.54 Å². The van der Waals surface area contributed by atoms with Crippen molar-refractivity contribution in [2.75, 3.05) is 0 Å². The van der Waals surface area contributed by atoms with Crippen LogP contribution in [0, 0.1) is 0 Å². The molecule has 5 heteroatoms. The summed E-state index contributed by atoms with van der Waals surface area (Å²) < 4.78 is 1.23. The van der Waals surface area contributed by atoms with Gasteiger partial charge in [0, 0.05) is 9.58 Å². The molecular weight excluding hydrogens is 260 g/mol. The highest BCUT2D eigenvalue weighted by molar-refractivity contribution is 7.19. The van der Waals surface area contributed by atoms with Crippen molar-refractivity contribution in [1.82, 2.24) is 10.8 Å². The molecule has 1 aromatic carbocycles. The number of urea groups is 1. The maximum absolute atomic E-state index is 11.5. The molecule has 0 spiro atoms. The normalized spacial score (nSPS) is 11.5. The fourth-order valence-corrected chi connectivity index (χ4v) is 2.53. The summed E-state index contributed by atoms with van der Waals surface area (Å²) in [5.41, 5.74) is 1.99. The van der Waals surface area contributed by atoms with E-state index < -0.39 is 5.60 Å². The number of thiophene rings is 1. The highest BCUT2D eigenvalue weighted by atomic mass is 32.1. The number of hydroxylamine groups is 1. The van der Waals surface area contributed by atoms with Crippen molar-refractivity contribution in [2.24, 2.45) is 0 Å². The molecule has 2 amide bonds. The van der Waals surface area contributed by atoms with Crippen LogP contribution in [0.4, 0.5) is 4.79 Å². The summed E-state index contributed by atoms with van der Waals surface area (Å²) in [6.07, 6.45) is 0. The van der Waals surface area contributed by atoms with E-state index in [2.05, 4.69) is 29.0 Å². The number of rotatable bonds is 3. The molecule has 1 heterocycles. The largest absolute Gasteiger partial charge is 0.339 e. The predicted molar refractivity (Wildman–Crippen MR) is 78.0 cm³/mol. The second-order valence-electron chi connectivity index (χ2n) is 5.25. The van der Waals surface area contributed by atoms with E-state index in [0.717, 1.165) is 4.88 Å². The van der Waals surface area contributed by atoms with E-state index >= 15 is 0 Å². The third kappa shape index (κ3) is 4.22. The zero-order valence-electron chi connectivity index (χ0n) is 11.3. The summed E-state index contributed by atoms with van der Waals surface area (Å²) in [4.78, 5) is 17.8. The van der Waals surface area contributed by atoms with Gasteiger partial charge in [0.25, 0.3) is 0 Å². The van der Waals surface area contributed by atoms with E-state index in [-0.39, 0.29) is 6.03 Å². The van der Waals surface area contributed by atoms with Gasteiger partial charge in [-0.3, -0.25) is 4.84 Å². The van der Waals surface area contributed by atoms with E-state index in [1.54, 1.807) is 11.3 Å². The Labute approximate surface area is 116 Å². The lowest BCUT2D eigenvalue weighted by molar-refractivity contribution is -0.0528. The SMILES string of the molecule is CC(C)(C)ONC(=O)NCc1cc2ccccc2s1. The Kier molecular flexibility index (Phi) is 4.07. The van der Waals surface area contributed by atoms with E-state index in [1.165, 1.54) is 10.1 Å². The highest BCUT2D eigenvalue weighted by Crippen LogP contribution is 2.24. The number of carbonyl (C=O) groups excluding carboxylic acids is 1. The van der Waals surface area contributed by atoms with Gasteiger partial charge in [-0.05, 0) is 38.3 Å². The van der Waals surface area contributed by atoms with Gasteiger partial charge < -0.3 is 5.32 Å². The molecule has 1 aromatic heterocycles. The zero-order valence-corrected chi connectivity index (χ0v) is 12.1. The van der Waals surface area contributed by atoms with E-state index in [4.69, 9.17) is 4.84 Å². The summed E-state index contributed by atoms with van der Waals surface area (Å²) >= 11 is 1.68. The number of amides is 2. The fraction of sp³-hybridized carbons (Fsp3) is 0.357. The third-order valence-corrected chi connectivity index (χ3v) is 3.47. The van der Waals surface area contributed by atoms with Crippen molar-refractivity contribution in [3.05, 3.63) is 35.2 Å². The smallest absolute Gasteiger partial charge is 0.331 e. The van der Waals surface area contributed by atoms with Gasteiger partial charge in [0.1, 0.15) is 0 Å². The van der Waals surface area contributed by atoms with Crippen LogP contribution >= 0.6 is 11.3 Å². The number of hydrogen-bond acceptors (Lipinski definition) is 3. The molecule has 0 unspecified atom stereocenters. The van der Waals surface area contributed by atoms with Crippen molar-refractivity contribution in [3.63, 3.8) is 0 Å². The number of hydrogen-bond donors (Lipinski definition) is 2. The Morgan fingerprint density at radius 1 is 1.32 bits per heavy atom. The summed E-state index contributed by atoms with van der Waals surface area (Å²) in [6, 6.07) is 9.93. The molecule has 0 radical (unpaired) electrons. The molecule has 4 nitrogen and oxygen atoms in total. The lowest BCUT2D eigenvalue weighted by atomic mass is 10.2. The van der Waals surface area contributed by atoms with Crippen LogP contribution < -0.4 is 10.8 Å². The Morgan fingerprint density at radius 3 is 2.74 bits per heavy atom. The number of fused-ring (bicyclic) bond motifs is 1. The van der Waals surface area contributed by atoms with Crippen LogP contribution in [-0.2, 0) is 11.4 Å². The standard InChI is InChI=1S/C14H18N2O2S/c1-14(2,3)18-16-13(17)15-9-11-8-10-6-4-5-7-12(10)19-11/h4-8H,9H2,1-3H3,(H2,15,16,17). The topological polar surface area (TPSA) is 50.4 Å². The predicted octanol–water partition coefficient (Wildman–Crippen LogP) is 3.43. The van der Waals surface area contributed by atoms with Gasteiger partial charge in [0.15, 0.2) is 0 Å². The Morgan fingerprint density at radius 2 is 2.05 bits per heavy atom. The Hall–Kier alpha value is -1.59. The van der Waals surface area contributed by atoms with Crippen molar-refractivity contribution >= 4 is 27.5 Å². The van der Waals surface area contributed by atoms with Gasteiger partial charge in [-0.1, -0.05) is 18.2 Å². The minimum atomic E-state index is -0.394. The quantitative estimate of drug-likeness (QED) is 0.845. The van der Waals surface area contributed by atoms with Crippen LogP contribution in [0.25, 0.3) is 10.1 Å². The number of carbonyl (C=O) groups is 1. The average Bonchev–Trinajstić information content (AvgIpc) is 2.75. The van der Waals surface area contributed by atoms with Crippen LogP contribution in [0.2, 0.25) is 0 Å². The second kappa shape index (κ2) is 5.59. The first kappa shape index (κ1) is 13.8. The molecule has 0 aliphatic heterocycles. The molecule has 0 atom stereocenters. The highest BCUT2D eigenvalue weighted by Gasteiger charge is 2.12. The van der Waals surface area contributed by atoms with Crippen molar-refractivity contribution < 1.29 is 9.63 Å². The van der Waals surface area contributed by atoms with E-state index in [1.807, 2.05) is 32.9 Å². The van der Waals surface area contributed by atoms with Gasteiger partial charge in [-0.15, -0.1) is 11.3 Å². The van der Waals surface area contributed by atoms with Crippen molar-refractivity contribution in [3.8, 4) is 0 Å². The Balaban J connectivity index is 1.86. The number of nitrogens with one attached hydrogen (secondary N) is 2. The summed E-state index contributed by atoms with van der Waals surface area (Å²) in [5, 5.41) is 3.97. The van der Waals surface area contributed by atoms with Gasteiger partial charge in [0.05, 0.1) is 12.1 Å². The molecular formula is C14H18N2O2S. The molecule has 0 bridgehead atoms. The summed E-state index contributed by atoms with van der Waals surface area (Å²) in [5.74, 6) is 0. The summed E-state index contributed by atoms with van der Waals surface area (Å²) in [7, 11) is 0. The maximum Gasteiger partial charge on any atom is 0.339 e. The molecule has 0 saturated heterocycles. The molecule has 19 heavy (non-hydrogen) atoms. The first-order valence-corrected chi connectivity index (χ1v) is 6.95. The molecule has 0 aliphatic rings. The van der Waals surface area contributed by atoms with Crippen molar-refractivity contribution in [2.45, 2.75) is 32.9 Å². The monoisotopic (exact) mass is 278 g/mol. The van der Waals surface area contributed by atoms with E-state index in [9.17, 15) is 4.79 Å². The van der Waals surface area contributed by atoms with Crippen molar-refractivity contribution in [1.29, 1.82) is 0 Å². The van der Waals surface area contributed by atoms with Crippen LogP contribution in [0.15, 0.2) is 30.3 Å². The lowest BCUT2D eigenvalue weighted by Gasteiger charge is -2.18. The molecule has 2 rings (SSSR count). The first-order chi connectivity index (χ1) is 8.94. The molecule has 0 saturated carbocycles. The van der Waals surface area contributed by atoms with Gasteiger partial charge in [0.2, 0.25) is 0 Å². The maximum atomic E-state index is 11.5. The lowest BCUT2D eigenvalue weighted by Crippen LogP contribution is -2.39. The fourth-order valence-electron chi connectivity index (χ4n) is 1.53. The molecule has 102 valence electrons. The van der Waals surface area contributed by atoms with Crippen LogP contribution in [0.5, 0.6) is 0 Å². The third-order valence-electron chi connectivity index (χ3n) is 2.35. The minimum absolute atomic E-state index is 0.326. The average molecular weight is 278 g/mol. The first-order valence-electron chi connectivity index (χ1n) is 6.13. The number of benzene rings is 1. The molecule has 2 N–H and O–H groups in total. The van der Waals surface area contributed by atoms with Crippen LogP contribution in [-0.4, -0.2) is 11.6 Å². The van der Waals surface area contributed by atoms with Crippen LogP contribution in [0.1, 0.15) is 25.6 Å². The molecule has 0 aliphatic carbocycles. The zero-order chi connectivity index (χ0) is 13.9. The Bertz CT molecular complexity index is 539. The van der Waals surface area contributed by atoms with Gasteiger partial charge in [-0.2, -0.15) is 0 Å². The molecule has 2 aromatic rings. The summed E-state index contributed by atoms with van der Waals surface area (Å²) in [6.45, 7) is 6.12. The molecule has 0 fully saturated rings. The second-order valence-corrected chi connectivity index (χ2v) is 6.42. The van der Waals surface area contributed by atoms with Gasteiger partial charge >= 0.3 is 6.03 Å². The van der Waals surface area contributed by atoms with Gasteiger partial charge in [-0.25, -0.2) is 10.3 Å². The minimum Gasteiger partial charge on any atom is -0.331 e. The van der Waals surface area contributed by atoms with Crippen LogP contribution in [0.3, 0.4) is 0 Å².